The minimum absolute atomic E-state index is 0.212. The number of fused-ring (bicyclic) bond motifs is 1. The van der Waals surface area contributed by atoms with Crippen LogP contribution in [0.15, 0.2) is 30.5 Å². The van der Waals surface area contributed by atoms with Gasteiger partial charge in [0, 0.05) is 18.8 Å². The van der Waals surface area contributed by atoms with Crippen LogP contribution in [-0.4, -0.2) is 18.7 Å². The van der Waals surface area contributed by atoms with Crippen LogP contribution in [0.2, 0.25) is 0 Å². The number of aryl methyl sites for hydroxylation is 2. The minimum Gasteiger partial charge on any atom is -0.351 e. The monoisotopic (exact) mass is 241 g/mol. The summed E-state index contributed by atoms with van der Waals surface area (Å²) in [6.45, 7) is 0. The number of hydrogen-bond donors (Lipinski definition) is 0. The molecule has 0 radical (unpaired) electrons. The van der Waals surface area contributed by atoms with Gasteiger partial charge >= 0.3 is 10.2 Å². The molecule has 0 atom stereocenters. The zero-order valence-corrected chi connectivity index (χ0v) is 9.67. The first-order valence-electron chi connectivity index (χ1n) is 4.92. The van der Waals surface area contributed by atoms with Crippen molar-refractivity contribution in [3.63, 3.8) is 0 Å². The first-order valence-corrected chi connectivity index (χ1v) is 6.47. The van der Waals surface area contributed by atoms with Crippen LogP contribution >= 0.6 is 0 Å². The highest BCUT2D eigenvalue weighted by molar-refractivity contribution is 7.86. The van der Waals surface area contributed by atoms with Crippen LogP contribution in [0, 0.1) is 0 Å². The second-order valence-electron chi connectivity index (χ2n) is 3.81. The first kappa shape index (κ1) is 11.1. The maximum atomic E-state index is 12.4. The third kappa shape index (κ3) is 2.41. The van der Waals surface area contributed by atoms with Crippen molar-refractivity contribution in [1.82, 2.24) is 4.57 Å². The van der Waals surface area contributed by atoms with Crippen LogP contribution < -0.4 is 0 Å². The van der Waals surface area contributed by atoms with Gasteiger partial charge in [-0.05, 0) is 35.6 Å². The Morgan fingerprint density at radius 3 is 2.75 bits per heavy atom. The van der Waals surface area contributed by atoms with Gasteiger partial charge in [0.1, 0.15) is 0 Å². The molecular weight excluding hydrogens is 229 g/mol. The SMILES string of the molecule is Cn1ccc2cc(CCS(=O)(=O)F)ccc21. The summed E-state index contributed by atoms with van der Waals surface area (Å²) < 4.78 is 35.1. The van der Waals surface area contributed by atoms with E-state index in [9.17, 15) is 12.3 Å². The number of halogens is 1. The number of hydrogen-bond acceptors (Lipinski definition) is 2. The topological polar surface area (TPSA) is 39.1 Å². The van der Waals surface area contributed by atoms with Gasteiger partial charge in [-0.15, -0.1) is 3.89 Å². The fourth-order valence-corrected chi connectivity index (χ4v) is 2.21. The van der Waals surface area contributed by atoms with Crippen molar-refractivity contribution < 1.29 is 12.3 Å². The molecule has 2 rings (SSSR count). The smallest absolute Gasteiger partial charge is 0.302 e. The zero-order valence-electron chi connectivity index (χ0n) is 8.85. The summed E-state index contributed by atoms with van der Waals surface area (Å²) in [6, 6.07) is 7.58. The molecule has 0 aliphatic rings. The Morgan fingerprint density at radius 2 is 2.06 bits per heavy atom. The largest absolute Gasteiger partial charge is 0.351 e. The van der Waals surface area contributed by atoms with E-state index in [2.05, 4.69) is 0 Å². The second kappa shape index (κ2) is 3.90. The van der Waals surface area contributed by atoms with Gasteiger partial charge in [-0.25, -0.2) is 0 Å². The Hall–Kier alpha value is -1.36. The number of rotatable bonds is 3. The molecule has 5 heteroatoms. The summed E-state index contributed by atoms with van der Waals surface area (Å²) in [6.07, 6.45) is 2.14. The van der Waals surface area contributed by atoms with E-state index in [1.807, 2.05) is 42.1 Å². The second-order valence-corrected chi connectivity index (χ2v) is 5.30. The average molecular weight is 241 g/mol. The van der Waals surface area contributed by atoms with Crippen molar-refractivity contribution in [3.05, 3.63) is 36.0 Å². The summed E-state index contributed by atoms with van der Waals surface area (Å²) in [7, 11) is -2.44. The Balaban J connectivity index is 2.26. The van der Waals surface area contributed by atoms with Gasteiger partial charge in [-0.3, -0.25) is 0 Å². The molecule has 86 valence electrons. The Morgan fingerprint density at radius 1 is 1.31 bits per heavy atom. The molecule has 1 heterocycles. The third-order valence-corrected chi connectivity index (χ3v) is 3.28. The molecule has 1 aromatic heterocycles. The molecule has 0 N–H and O–H groups in total. The van der Waals surface area contributed by atoms with Crippen LogP contribution in [0.5, 0.6) is 0 Å². The zero-order chi connectivity index (χ0) is 11.8. The van der Waals surface area contributed by atoms with Crippen LogP contribution in [0.4, 0.5) is 3.89 Å². The molecule has 0 saturated heterocycles. The Bertz CT molecular complexity index is 616. The molecule has 2 aromatic rings. The summed E-state index contributed by atoms with van der Waals surface area (Å²) in [5.41, 5.74) is 1.91. The van der Waals surface area contributed by atoms with Gasteiger partial charge in [0.05, 0.1) is 5.75 Å². The van der Waals surface area contributed by atoms with E-state index in [4.69, 9.17) is 0 Å². The molecular formula is C11H12FNO2S. The lowest BCUT2D eigenvalue weighted by Crippen LogP contribution is -2.01. The maximum Gasteiger partial charge on any atom is 0.302 e. The maximum absolute atomic E-state index is 12.4. The predicted octanol–water partition coefficient (Wildman–Crippen LogP) is 2.02. The van der Waals surface area contributed by atoms with Crippen molar-refractivity contribution in [2.75, 3.05) is 5.75 Å². The van der Waals surface area contributed by atoms with Crippen LogP contribution in [0.3, 0.4) is 0 Å². The van der Waals surface area contributed by atoms with E-state index in [1.54, 1.807) is 0 Å². The summed E-state index contributed by atoms with van der Waals surface area (Å²) >= 11 is 0. The average Bonchev–Trinajstić information content (AvgIpc) is 2.56. The van der Waals surface area contributed by atoms with E-state index < -0.39 is 16.0 Å². The third-order valence-electron chi connectivity index (χ3n) is 2.58. The van der Waals surface area contributed by atoms with Crippen molar-refractivity contribution in [1.29, 1.82) is 0 Å². The molecule has 0 aliphatic heterocycles. The normalized spacial score (nSPS) is 12.1. The van der Waals surface area contributed by atoms with Crippen molar-refractivity contribution in [2.45, 2.75) is 6.42 Å². The molecule has 0 fully saturated rings. The van der Waals surface area contributed by atoms with Gasteiger partial charge in [0.25, 0.3) is 0 Å². The molecule has 0 saturated carbocycles. The van der Waals surface area contributed by atoms with Gasteiger partial charge in [0.2, 0.25) is 0 Å². The van der Waals surface area contributed by atoms with Crippen molar-refractivity contribution >= 4 is 21.1 Å². The van der Waals surface area contributed by atoms with Crippen molar-refractivity contribution in [3.8, 4) is 0 Å². The van der Waals surface area contributed by atoms with E-state index in [1.165, 1.54) is 0 Å². The van der Waals surface area contributed by atoms with E-state index in [0.29, 0.717) is 0 Å². The highest BCUT2D eigenvalue weighted by Crippen LogP contribution is 2.17. The van der Waals surface area contributed by atoms with Gasteiger partial charge in [-0.1, -0.05) is 6.07 Å². The highest BCUT2D eigenvalue weighted by Gasteiger charge is 2.08. The first-order chi connectivity index (χ1) is 7.46. The number of aromatic nitrogens is 1. The van der Waals surface area contributed by atoms with E-state index in [-0.39, 0.29) is 6.42 Å². The van der Waals surface area contributed by atoms with Gasteiger partial charge in [-0.2, -0.15) is 8.42 Å². The molecule has 16 heavy (non-hydrogen) atoms. The molecule has 0 aliphatic carbocycles. The van der Waals surface area contributed by atoms with E-state index >= 15 is 0 Å². The lowest BCUT2D eigenvalue weighted by atomic mass is 10.1. The highest BCUT2D eigenvalue weighted by atomic mass is 32.3. The quantitative estimate of drug-likeness (QED) is 0.771. The predicted molar refractivity (Wildman–Crippen MR) is 61.5 cm³/mol. The van der Waals surface area contributed by atoms with Crippen molar-refractivity contribution in [2.24, 2.45) is 7.05 Å². The number of nitrogens with zero attached hydrogens (tertiary/aromatic N) is 1. The summed E-state index contributed by atoms with van der Waals surface area (Å²) in [5, 5.41) is 1.04. The van der Waals surface area contributed by atoms with E-state index in [0.717, 1.165) is 16.5 Å². The molecule has 0 amide bonds. The standard InChI is InChI=1S/C11H12FNO2S/c1-13-6-4-10-8-9(2-3-11(10)13)5-7-16(12,14)15/h2-4,6,8H,5,7H2,1H3. The van der Waals surface area contributed by atoms with Gasteiger partial charge in [0.15, 0.2) is 0 Å². The molecule has 0 unspecified atom stereocenters. The molecule has 0 bridgehead atoms. The molecule has 0 spiro atoms. The fourth-order valence-electron chi connectivity index (χ4n) is 1.73. The van der Waals surface area contributed by atoms with Crippen LogP contribution in [-0.2, 0) is 23.7 Å². The summed E-state index contributed by atoms with van der Waals surface area (Å²) in [5.74, 6) is -0.453. The van der Waals surface area contributed by atoms with Gasteiger partial charge < -0.3 is 4.57 Å². The lowest BCUT2D eigenvalue weighted by Gasteiger charge is -2.00. The lowest BCUT2D eigenvalue weighted by molar-refractivity contribution is 0.551. The number of benzene rings is 1. The van der Waals surface area contributed by atoms with Crippen LogP contribution in [0.25, 0.3) is 10.9 Å². The minimum atomic E-state index is -4.38. The summed E-state index contributed by atoms with van der Waals surface area (Å²) in [4.78, 5) is 0. The fraction of sp³-hybridized carbons (Fsp3) is 0.273. The van der Waals surface area contributed by atoms with Crippen LogP contribution in [0.1, 0.15) is 5.56 Å². The Kier molecular flexibility index (Phi) is 2.71. The molecule has 3 nitrogen and oxygen atoms in total. The molecule has 1 aromatic carbocycles. The Labute approximate surface area is 93.7 Å².